The molecule has 0 unspecified atom stereocenters. The third-order valence-corrected chi connectivity index (χ3v) is 5.33. The van der Waals surface area contributed by atoms with Crippen molar-refractivity contribution in [2.45, 2.75) is 26.3 Å². The van der Waals surface area contributed by atoms with E-state index in [1.54, 1.807) is 42.5 Å². The summed E-state index contributed by atoms with van der Waals surface area (Å²) >= 11 is 0. The number of nitrogens with one attached hydrogen (secondary N) is 1. The van der Waals surface area contributed by atoms with Gasteiger partial charge in [0.05, 0.1) is 18.6 Å². The number of hydrogen-bond donors (Lipinski definition) is 2. The molecule has 3 rings (SSSR count). The molecule has 0 heterocycles. The Kier molecular flexibility index (Phi) is 8.19. The molecule has 34 heavy (non-hydrogen) atoms. The maximum atomic E-state index is 13.8. The van der Waals surface area contributed by atoms with Gasteiger partial charge in [0.25, 0.3) is 5.91 Å². The SMILES string of the molecule is CC[C@@H](Cc1ccc(OC)c(C(=O)NCc2ccc(Oc3ccc(F)cc3F)cc2)c1)C(=O)O. The van der Waals surface area contributed by atoms with Crippen molar-refractivity contribution < 1.29 is 33.0 Å². The number of carbonyl (C=O) groups excluding carboxylic acids is 1. The standard InChI is InChI=1S/C26H25F2NO5/c1-3-18(26(31)32)12-17-6-10-23(33-2)21(13-17)25(30)29-15-16-4-8-20(9-5-16)34-24-11-7-19(27)14-22(24)28/h4-11,13-14,18H,3,12,15H2,1-2H3,(H,29,30)(H,31,32)/t18-/m0/s1. The van der Waals surface area contributed by atoms with Crippen molar-refractivity contribution in [3.05, 3.63) is 89.0 Å². The van der Waals surface area contributed by atoms with E-state index in [4.69, 9.17) is 9.47 Å². The quantitative estimate of drug-likeness (QED) is 0.418. The highest BCUT2D eigenvalue weighted by Crippen LogP contribution is 2.26. The van der Waals surface area contributed by atoms with Gasteiger partial charge in [-0.3, -0.25) is 9.59 Å². The molecule has 6 nitrogen and oxygen atoms in total. The Bertz CT molecular complexity index is 1160. The number of rotatable bonds is 10. The van der Waals surface area contributed by atoms with Crippen LogP contribution in [0.1, 0.15) is 34.8 Å². The summed E-state index contributed by atoms with van der Waals surface area (Å²) < 4.78 is 37.5. The van der Waals surface area contributed by atoms with Crippen LogP contribution in [0.5, 0.6) is 17.2 Å². The van der Waals surface area contributed by atoms with E-state index in [1.165, 1.54) is 13.2 Å². The lowest BCUT2D eigenvalue weighted by atomic mass is 9.95. The Balaban J connectivity index is 1.65. The molecular formula is C26H25F2NO5. The number of hydrogen-bond acceptors (Lipinski definition) is 4. The van der Waals surface area contributed by atoms with Crippen molar-refractivity contribution in [3.63, 3.8) is 0 Å². The molecule has 1 amide bonds. The molecule has 0 aliphatic carbocycles. The van der Waals surface area contributed by atoms with Crippen molar-refractivity contribution in [2.75, 3.05) is 7.11 Å². The van der Waals surface area contributed by atoms with Crippen molar-refractivity contribution in [1.29, 1.82) is 0 Å². The number of carbonyl (C=O) groups is 2. The van der Waals surface area contributed by atoms with Gasteiger partial charge in [0.2, 0.25) is 0 Å². The summed E-state index contributed by atoms with van der Waals surface area (Å²) in [5, 5.41) is 12.1. The van der Waals surface area contributed by atoms with Crippen LogP contribution in [0.2, 0.25) is 0 Å². The van der Waals surface area contributed by atoms with Gasteiger partial charge in [-0.05, 0) is 60.4 Å². The number of carboxylic acid groups (broad SMARTS) is 1. The minimum atomic E-state index is -0.876. The summed E-state index contributed by atoms with van der Waals surface area (Å²) in [6, 6.07) is 14.8. The third-order valence-electron chi connectivity index (χ3n) is 5.33. The summed E-state index contributed by atoms with van der Waals surface area (Å²) in [5.74, 6) is -2.62. The van der Waals surface area contributed by atoms with Gasteiger partial charge in [-0.15, -0.1) is 0 Å². The summed E-state index contributed by atoms with van der Waals surface area (Å²) in [6.45, 7) is 2.02. The van der Waals surface area contributed by atoms with Gasteiger partial charge in [-0.2, -0.15) is 0 Å². The molecular weight excluding hydrogens is 444 g/mol. The van der Waals surface area contributed by atoms with Crippen molar-refractivity contribution in [1.82, 2.24) is 5.32 Å². The first-order valence-electron chi connectivity index (χ1n) is 10.7. The van der Waals surface area contributed by atoms with Gasteiger partial charge >= 0.3 is 5.97 Å². The first-order chi connectivity index (χ1) is 16.3. The fourth-order valence-electron chi connectivity index (χ4n) is 3.39. The number of benzene rings is 3. The molecule has 3 aromatic rings. The average Bonchev–Trinajstić information content (AvgIpc) is 2.83. The van der Waals surface area contributed by atoms with E-state index < -0.39 is 23.5 Å². The highest BCUT2D eigenvalue weighted by Gasteiger charge is 2.18. The second-order valence-corrected chi connectivity index (χ2v) is 7.69. The number of halogens is 2. The Labute approximate surface area is 196 Å². The van der Waals surface area contributed by atoms with Gasteiger partial charge in [-0.1, -0.05) is 25.1 Å². The van der Waals surface area contributed by atoms with Gasteiger partial charge in [0.1, 0.15) is 17.3 Å². The molecule has 0 aliphatic heterocycles. The van der Waals surface area contributed by atoms with Crippen LogP contribution >= 0.6 is 0 Å². The third kappa shape index (κ3) is 6.31. The molecule has 1 atom stereocenters. The fourth-order valence-corrected chi connectivity index (χ4v) is 3.39. The van der Waals surface area contributed by atoms with E-state index in [0.717, 1.165) is 23.3 Å². The van der Waals surface area contributed by atoms with E-state index in [0.29, 0.717) is 29.9 Å². The highest BCUT2D eigenvalue weighted by atomic mass is 19.1. The minimum absolute atomic E-state index is 0.0948. The van der Waals surface area contributed by atoms with E-state index in [-0.39, 0.29) is 18.2 Å². The maximum Gasteiger partial charge on any atom is 0.306 e. The fraction of sp³-hybridized carbons (Fsp3) is 0.231. The number of amides is 1. The van der Waals surface area contributed by atoms with Crippen molar-refractivity contribution in [2.24, 2.45) is 5.92 Å². The monoisotopic (exact) mass is 469 g/mol. The summed E-state index contributed by atoms with van der Waals surface area (Å²) in [4.78, 5) is 24.2. The Morgan fingerprint density at radius 2 is 1.65 bits per heavy atom. The summed E-state index contributed by atoms with van der Waals surface area (Å²) in [7, 11) is 1.46. The first kappa shape index (κ1) is 24.7. The lowest BCUT2D eigenvalue weighted by molar-refractivity contribution is -0.141. The lowest BCUT2D eigenvalue weighted by Crippen LogP contribution is -2.24. The molecule has 0 radical (unpaired) electrons. The summed E-state index contributed by atoms with van der Waals surface area (Å²) in [6.07, 6.45) is 0.794. The van der Waals surface area contributed by atoms with E-state index in [1.807, 2.05) is 6.92 Å². The van der Waals surface area contributed by atoms with E-state index in [9.17, 15) is 23.5 Å². The zero-order valence-corrected chi connectivity index (χ0v) is 18.8. The van der Waals surface area contributed by atoms with E-state index in [2.05, 4.69) is 5.32 Å². The largest absolute Gasteiger partial charge is 0.496 e. The molecule has 0 aromatic heterocycles. The molecule has 2 N–H and O–H groups in total. The predicted molar refractivity (Wildman–Crippen MR) is 122 cm³/mol. The predicted octanol–water partition coefficient (Wildman–Crippen LogP) is 5.35. The molecule has 0 aliphatic rings. The Morgan fingerprint density at radius 3 is 2.26 bits per heavy atom. The Hall–Kier alpha value is -3.94. The maximum absolute atomic E-state index is 13.8. The molecule has 0 bridgehead atoms. The van der Waals surface area contributed by atoms with Crippen molar-refractivity contribution >= 4 is 11.9 Å². The van der Waals surface area contributed by atoms with Crippen LogP contribution in [0.25, 0.3) is 0 Å². The number of ether oxygens (including phenoxy) is 2. The molecule has 0 saturated heterocycles. The van der Waals surface area contributed by atoms with Gasteiger partial charge in [-0.25, -0.2) is 8.78 Å². The van der Waals surface area contributed by atoms with Gasteiger partial charge < -0.3 is 19.9 Å². The molecule has 0 saturated carbocycles. The lowest BCUT2D eigenvalue weighted by Gasteiger charge is -2.14. The molecule has 8 heteroatoms. The molecule has 0 fully saturated rings. The van der Waals surface area contributed by atoms with E-state index >= 15 is 0 Å². The zero-order chi connectivity index (χ0) is 24.7. The van der Waals surface area contributed by atoms with Gasteiger partial charge in [0, 0.05) is 12.6 Å². The normalized spacial score (nSPS) is 11.5. The van der Waals surface area contributed by atoms with Crippen LogP contribution in [-0.4, -0.2) is 24.1 Å². The van der Waals surface area contributed by atoms with Crippen LogP contribution < -0.4 is 14.8 Å². The topological polar surface area (TPSA) is 84.9 Å². The second-order valence-electron chi connectivity index (χ2n) is 7.69. The Morgan fingerprint density at radius 1 is 0.971 bits per heavy atom. The number of carboxylic acids is 1. The first-order valence-corrected chi connectivity index (χ1v) is 10.7. The van der Waals surface area contributed by atoms with Crippen LogP contribution in [0.15, 0.2) is 60.7 Å². The highest BCUT2D eigenvalue weighted by molar-refractivity contribution is 5.97. The van der Waals surface area contributed by atoms with Gasteiger partial charge in [0.15, 0.2) is 11.6 Å². The van der Waals surface area contributed by atoms with Crippen LogP contribution in [0, 0.1) is 17.6 Å². The molecule has 3 aromatic carbocycles. The van der Waals surface area contributed by atoms with Crippen LogP contribution in [-0.2, 0) is 17.8 Å². The number of aliphatic carboxylic acids is 1. The zero-order valence-electron chi connectivity index (χ0n) is 18.8. The molecule has 178 valence electrons. The minimum Gasteiger partial charge on any atom is -0.496 e. The number of methoxy groups -OCH3 is 1. The second kappa shape index (κ2) is 11.3. The average molecular weight is 469 g/mol. The smallest absolute Gasteiger partial charge is 0.306 e. The summed E-state index contributed by atoms with van der Waals surface area (Å²) in [5.41, 5.74) is 1.81. The van der Waals surface area contributed by atoms with Crippen LogP contribution in [0.4, 0.5) is 8.78 Å². The van der Waals surface area contributed by atoms with Crippen LogP contribution in [0.3, 0.4) is 0 Å². The van der Waals surface area contributed by atoms with Crippen molar-refractivity contribution in [3.8, 4) is 17.2 Å². The molecule has 0 spiro atoms.